The van der Waals surface area contributed by atoms with Crippen LogP contribution < -0.4 is 10.5 Å². The molecule has 0 fully saturated rings. The molecule has 27 heavy (non-hydrogen) atoms. The molecule has 2 N–H and O–H groups in total. The van der Waals surface area contributed by atoms with Crippen molar-refractivity contribution in [2.24, 2.45) is 5.73 Å². The number of hydrogen-bond acceptors (Lipinski definition) is 3. The minimum Gasteiger partial charge on any atom is -0.497 e. The molecule has 0 radical (unpaired) electrons. The van der Waals surface area contributed by atoms with Crippen molar-refractivity contribution < 1.29 is 9.53 Å². The molecular weight excluding hydrogens is 360 g/mol. The van der Waals surface area contributed by atoms with Crippen molar-refractivity contribution in [2.45, 2.75) is 45.7 Å². The second kappa shape index (κ2) is 11.0. The second-order valence-electron chi connectivity index (χ2n) is 6.73. The van der Waals surface area contributed by atoms with Gasteiger partial charge in [0.25, 0.3) is 0 Å². The summed E-state index contributed by atoms with van der Waals surface area (Å²) in [6.45, 7) is 6.72. The Bertz CT molecular complexity index is 717. The third kappa shape index (κ3) is 6.26. The molecule has 0 saturated carbocycles. The average molecular weight is 391 g/mol. The number of benzene rings is 2. The molecule has 0 bridgehead atoms. The molecule has 0 aliphatic carbocycles. The SMILES string of the molecule is CCN(C(=O)CCC(C)N)C(C)c1ccc(-c2cccc(OC)c2)cc1.Cl. The number of amides is 1. The summed E-state index contributed by atoms with van der Waals surface area (Å²) >= 11 is 0. The van der Waals surface area contributed by atoms with Gasteiger partial charge in [0.1, 0.15) is 5.75 Å². The van der Waals surface area contributed by atoms with Crippen LogP contribution in [0.2, 0.25) is 0 Å². The molecule has 0 spiro atoms. The number of methoxy groups -OCH3 is 1. The molecule has 4 nitrogen and oxygen atoms in total. The lowest BCUT2D eigenvalue weighted by Gasteiger charge is -2.29. The maximum Gasteiger partial charge on any atom is 0.223 e. The lowest BCUT2D eigenvalue weighted by atomic mass is 10.00. The maximum atomic E-state index is 12.5. The minimum absolute atomic E-state index is 0. The van der Waals surface area contributed by atoms with E-state index in [4.69, 9.17) is 10.5 Å². The van der Waals surface area contributed by atoms with Crippen molar-refractivity contribution in [3.05, 3.63) is 54.1 Å². The molecular formula is C22H31ClN2O2. The van der Waals surface area contributed by atoms with Crippen LogP contribution in [0.15, 0.2) is 48.5 Å². The quantitative estimate of drug-likeness (QED) is 0.702. The number of nitrogens with two attached hydrogens (primary N) is 1. The lowest BCUT2D eigenvalue weighted by Crippen LogP contribution is -2.34. The standard InChI is InChI=1S/C22H30N2O2.ClH/c1-5-24(22(25)14-9-16(2)23)17(3)18-10-12-19(13-11-18)20-7-6-8-21(15-20)26-4;/h6-8,10-13,15-17H,5,9,14,23H2,1-4H3;1H. The highest BCUT2D eigenvalue weighted by Crippen LogP contribution is 2.27. The number of carbonyl (C=O) groups is 1. The molecule has 0 saturated heterocycles. The predicted molar refractivity (Wildman–Crippen MR) is 114 cm³/mol. The van der Waals surface area contributed by atoms with Gasteiger partial charge in [-0.3, -0.25) is 4.79 Å². The highest BCUT2D eigenvalue weighted by atomic mass is 35.5. The van der Waals surface area contributed by atoms with Gasteiger partial charge in [0.05, 0.1) is 13.2 Å². The van der Waals surface area contributed by atoms with E-state index in [-0.39, 0.29) is 30.4 Å². The second-order valence-corrected chi connectivity index (χ2v) is 6.73. The highest BCUT2D eigenvalue weighted by Gasteiger charge is 2.20. The van der Waals surface area contributed by atoms with Crippen molar-refractivity contribution in [1.29, 1.82) is 0 Å². The van der Waals surface area contributed by atoms with Gasteiger partial charge < -0.3 is 15.4 Å². The first-order valence-electron chi connectivity index (χ1n) is 9.25. The summed E-state index contributed by atoms with van der Waals surface area (Å²) in [5, 5.41) is 0. The molecule has 2 atom stereocenters. The van der Waals surface area contributed by atoms with Gasteiger partial charge in [0.2, 0.25) is 5.91 Å². The van der Waals surface area contributed by atoms with Crippen LogP contribution in [0.3, 0.4) is 0 Å². The Morgan fingerprint density at radius 2 is 1.78 bits per heavy atom. The summed E-state index contributed by atoms with van der Waals surface area (Å²) in [7, 11) is 1.67. The van der Waals surface area contributed by atoms with E-state index in [0.29, 0.717) is 13.0 Å². The van der Waals surface area contributed by atoms with Gasteiger partial charge in [-0.15, -0.1) is 12.4 Å². The molecule has 5 heteroatoms. The first kappa shape index (κ1) is 23.0. The molecule has 2 aromatic rings. The van der Waals surface area contributed by atoms with Crippen molar-refractivity contribution in [2.75, 3.05) is 13.7 Å². The van der Waals surface area contributed by atoms with Crippen LogP contribution in [0.5, 0.6) is 5.75 Å². The molecule has 2 rings (SSSR count). The first-order valence-corrected chi connectivity index (χ1v) is 9.25. The normalized spacial score (nSPS) is 12.6. The van der Waals surface area contributed by atoms with Crippen molar-refractivity contribution >= 4 is 18.3 Å². The Morgan fingerprint density at radius 1 is 1.11 bits per heavy atom. The third-order valence-electron chi connectivity index (χ3n) is 4.74. The molecule has 2 unspecified atom stereocenters. The molecule has 0 aliphatic rings. The summed E-state index contributed by atoms with van der Waals surface area (Å²) in [6.07, 6.45) is 1.22. The van der Waals surface area contributed by atoms with Gasteiger partial charge in [-0.2, -0.15) is 0 Å². The molecule has 148 valence electrons. The number of halogens is 1. The zero-order valence-electron chi connectivity index (χ0n) is 16.6. The number of hydrogen-bond donors (Lipinski definition) is 1. The summed E-state index contributed by atoms with van der Waals surface area (Å²) in [5.74, 6) is 1.01. The molecule has 0 aliphatic heterocycles. The van der Waals surface area contributed by atoms with Gasteiger partial charge in [0, 0.05) is 19.0 Å². The van der Waals surface area contributed by atoms with Gasteiger partial charge in [-0.05, 0) is 56.0 Å². The number of ether oxygens (including phenoxy) is 1. The van der Waals surface area contributed by atoms with Gasteiger partial charge in [0.15, 0.2) is 0 Å². The van der Waals surface area contributed by atoms with Crippen molar-refractivity contribution in [1.82, 2.24) is 4.90 Å². The Labute approximate surface area is 169 Å². The lowest BCUT2D eigenvalue weighted by molar-refractivity contribution is -0.133. The van der Waals surface area contributed by atoms with Crippen molar-refractivity contribution in [3.8, 4) is 16.9 Å². The van der Waals surface area contributed by atoms with E-state index in [2.05, 4.69) is 37.3 Å². The minimum atomic E-state index is 0. The van der Waals surface area contributed by atoms with Crippen LogP contribution in [-0.2, 0) is 4.79 Å². The third-order valence-corrected chi connectivity index (χ3v) is 4.74. The van der Waals surface area contributed by atoms with E-state index < -0.39 is 0 Å². The molecule has 2 aromatic carbocycles. The van der Waals surface area contributed by atoms with E-state index in [1.807, 2.05) is 36.9 Å². The largest absolute Gasteiger partial charge is 0.497 e. The fourth-order valence-electron chi connectivity index (χ4n) is 3.10. The topological polar surface area (TPSA) is 55.6 Å². The molecule has 0 heterocycles. The summed E-state index contributed by atoms with van der Waals surface area (Å²) in [4.78, 5) is 14.4. The van der Waals surface area contributed by atoms with Crippen LogP contribution in [0.1, 0.15) is 45.2 Å². The maximum absolute atomic E-state index is 12.5. The van der Waals surface area contributed by atoms with E-state index in [1.165, 1.54) is 0 Å². The average Bonchev–Trinajstić information content (AvgIpc) is 2.67. The van der Waals surface area contributed by atoms with Gasteiger partial charge >= 0.3 is 0 Å². The Kier molecular flexibility index (Phi) is 9.33. The van der Waals surface area contributed by atoms with E-state index >= 15 is 0 Å². The fourth-order valence-corrected chi connectivity index (χ4v) is 3.10. The van der Waals surface area contributed by atoms with Gasteiger partial charge in [-0.25, -0.2) is 0 Å². The highest BCUT2D eigenvalue weighted by molar-refractivity contribution is 5.85. The van der Waals surface area contributed by atoms with Crippen molar-refractivity contribution in [3.63, 3.8) is 0 Å². The van der Waals surface area contributed by atoms with Crippen LogP contribution in [-0.4, -0.2) is 30.5 Å². The summed E-state index contributed by atoms with van der Waals surface area (Å²) in [5.41, 5.74) is 9.16. The monoisotopic (exact) mass is 390 g/mol. The summed E-state index contributed by atoms with van der Waals surface area (Å²) in [6, 6.07) is 16.5. The van der Waals surface area contributed by atoms with E-state index in [9.17, 15) is 4.79 Å². The predicted octanol–water partition coefficient (Wildman–Crippen LogP) is 4.82. The number of nitrogens with zero attached hydrogens (tertiary/aromatic N) is 1. The zero-order chi connectivity index (χ0) is 19.1. The Morgan fingerprint density at radius 3 is 2.33 bits per heavy atom. The number of carbonyl (C=O) groups excluding carboxylic acids is 1. The summed E-state index contributed by atoms with van der Waals surface area (Å²) < 4.78 is 5.30. The smallest absolute Gasteiger partial charge is 0.223 e. The zero-order valence-corrected chi connectivity index (χ0v) is 17.5. The van der Waals surface area contributed by atoms with E-state index in [0.717, 1.165) is 28.9 Å². The molecule has 1 amide bonds. The van der Waals surface area contributed by atoms with Crippen LogP contribution >= 0.6 is 12.4 Å². The molecule has 0 aromatic heterocycles. The van der Waals surface area contributed by atoms with Crippen LogP contribution in [0.4, 0.5) is 0 Å². The van der Waals surface area contributed by atoms with Crippen LogP contribution in [0.25, 0.3) is 11.1 Å². The van der Waals surface area contributed by atoms with Gasteiger partial charge in [-0.1, -0.05) is 36.4 Å². The fraction of sp³-hybridized carbons (Fsp3) is 0.409. The Hall–Kier alpha value is -2.04. The van der Waals surface area contributed by atoms with E-state index in [1.54, 1.807) is 7.11 Å². The number of rotatable bonds is 8. The first-order chi connectivity index (χ1) is 12.5. The Balaban J connectivity index is 0.00000364. The van der Waals surface area contributed by atoms with Crippen LogP contribution in [0, 0.1) is 0 Å².